The maximum absolute atomic E-state index is 13.0. The summed E-state index contributed by atoms with van der Waals surface area (Å²) in [5.41, 5.74) is 0. The number of piperazine rings is 1. The van der Waals surface area contributed by atoms with E-state index in [9.17, 15) is 12.8 Å². The number of benzene rings is 1. The molecule has 0 spiro atoms. The lowest BCUT2D eigenvalue weighted by molar-refractivity contribution is 0.258. The van der Waals surface area contributed by atoms with Crippen LogP contribution in [-0.4, -0.2) is 41.9 Å². The van der Waals surface area contributed by atoms with Crippen molar-refractivity contribution in [1.82, 2.24) is 19.2 Å². The van der Waals surface area contributed by atoms with Gasteiger partial charge in [-0.3, -0.25) is 0 Å². The van der Waals surface area contributed by atoms with E-state index < -0.39 is 15.8 Å². The molecular formula is C14H17FN4O2S. The monoisotopic (exact) mass is 324 g/mol. The molecule has 0 aliphatic carbocycles. The highest BCUT2D eigenvalue weighted by Gasteiger charge is 2.36. The van der Waals surface area contributed by atoms with Crippen LogP contribution >= 0.6 is 0 Å². The fraction of sp³-hybridized carbons (Fsp3) is 0.357. The molecule has 8 heteroatoms. The Labute approximate surface area is 128 Å². The summed E-state index contributed by atoms with van der Waals surface area (Å²) in [6, 6.07) is 4.52. The largest absolute Gasteiger partial charge is 0.337 e. The second-order valence-corrected chi connectivity index (χ2v) is 7.08. The van der Waals surface area contributed by atoms with Gasteiger partial charge in [-0.25, -0.2) is 17.8 Å². The molecule has 0 amide bonds. The van der Waals surface area contributed by atoms with Gasteiger partial charge in [-0.05, 0) is 24.3 Å². The standard InChI is InChI=1S/C14H17FN4O2S/c1-18-8-7-17-14(18)13-10-16-6-9-19(13)22(20,21)12-4-2-11(15)3-5-12/h2-5,7-8,13,16H,6,9-10H2,1H3. The van der Waals surface area contributed by atoms with E-state index in [4.69, 9.17) is 0 Å². The molecule has 1 atom stereocenters. The van der Waals surface area contributed by atoms with Crippen LogP contribution in [-0.2, 0) is 17.1 Å². The Bertz CT molecular complexity index is 757. The normalized spacial score (nSPS) is 20.2. The average Bonchev–Trinajstić information content (AvgIpc) is 2.94. The number of imidazole rings is 1. The van der Waals surface area contributed by atoms with Crippen molar-refractivity contribution in [1.29, 1.82) is 0 Å². The summed E-state index contributed by atoms with van der Waals surface area (Å²) < 4.78 is 42.0. The van der Waals surface area contributed by atoms with Crippen molar-refractivity contribution < 1.29 is 12.8 Å². The first-order valence-corrected chi connectivity index (χ1v) is 8.39. The van der Waals surface area contributed by atoms with Crippen LogP contribution in [0, 0.1) is 5.82 Å². The molecule has 0 saturated carbocycles. The number of nitrogens with one attached hydrogen (secondary N) is 1. The summed E-state index contributed by atoms with van der Waals surface area (Å²) in [7, 11) is -1.86. The number of hydrogen-bond acceptors (Lipinski definition) is 4. The molecule has 1 aliphatic rings. The van der Waals surface area contributed by atoms with Crippen LogP contribution in [0.15, 0.2) is 41.6 Å². The smallest absolute Gasteiger partial charge is 0.243 e. The van der Waals surface area contributed by atoms with E-state index in [2.05, 4.69) is 10.3 Å². The van der Waals surface area contributed by atoms with Gasteiger partial charge < -0.3 is 9.88 Å². The number of nitrogens with zero attached hydrogens (tertiary/aromatic N) is 3. The first-order valence-electron chi connectivity index (χ1n) is 6.95. The van der Waals surface area contributed by atoms with E-state index in [0.29, 0.717) is 25.5 Å². The Hall–Kier alpha value is -1.77. The van der Waals surface area contributed by atoms with Gasteiger partial charge in [-0.15, -0.1) is 0 Å². The quantitative estimate of drug-likeness (QED) is 0.911. The Morgan fingerprint density at radius 2 is 2.05 bits per heavy atom. The topological polar surface area (TPSA) is 67.2 Å². The molecule has 22 heavy (non-hydrogen) atoms. The second kappa shape index (κ2) is 5.79. The second-order valence-electron chi connectivity index (χ2n) is 5.19. The van der Waals surface area contributed by atoms with Gasteiger partial charge in [0.05, 0.1) is 10.9 Å². The maximum atomic E-state index is 13.0. The van der Waals surface area contributed by atoms with Crippen LogP contribution in [0.4, 0.5) is 4.39 Å². The number of halogens is 1. The maximum Gasteiger partial charge on any atom is 0.243 e. The Balaban J connectivity index is 2.00. The van der Waals surface area contributed by atoms with E-state index in [0.717, 1.165) is 12.1 Å². The number of rotatable bonds is 3. The number of hydrogen-bond donors (Lipinski definition) is 1. The first kappa shape index (κ1) is 15.1. The Kier molecular flexibility index (Phi) is 3.98. The molecule has 1 unspecified atom stereocenters. The molecule has 3 rings (SSSR count). The van der Waals surface area contributed by atoms with E-state index >= 15 is 0 Å². The highest BCUT2D eigenvalue weighted by atomic mass is 32.2. The molecule has 2 aromatic rings. The lowest BCUT2D eigenvalue weighted by atomic mass is 10.2. The van der Waals surface area contributed by atoms with Gasteiger partial charge in [0.25, 0.3) is 0 Å². The number of aryl methyl sites for hydroxylation is 1. The summed E-state index contributed by atoms with van der Waals surface area (Å²) in [5, 5.41) is 3.19. The van der Waals surface area contributed by atoms with Gasteiger partial charge in [0, 0.05) is 39.1 Å². The van der Waals surface area contributed by atoms with Crippen LogP contribution in [0.1, 0.15) is 11.9 Å². The van der Waals surface area contributed by atoms with Gasteiger partial charge >= 0.3 is 0 Å². The molecule has 6 nitrogen and oxygen atoms in total. The van der Waals surface area contributed by atoms with Crippen molar-refractivity contribution in [2.45, 2.75) is 10.9 Å². The fourth-order valence-corrected chi connectivity index (χ4v) is 4.22. The summed E-state index contributed by atoms with van der Waals surface area (Å²) in [6.07, 6.45) is 3.43. The fourth-order valence-electron chi connectivity index (χ4n) is 2.63. The molecule has 1 saturated heterocycles. The van der Waals surface area contributed by atoms with Crippen molar-refractivity contribution >= 4 is 10.0 Å². The van der Waals surface area contributed by atoms with Crippen LogP contribution in [0.2, 0.25) is 0 Å². The third kappa shape index (κ3) is 2.65. The van der Waals surface area contributed by atoms with Gasteiger partial charge in [-0.1, -0.05) is 0 Å². The highest BCUT2D eigenvalue weighted by molar-refractivity contribution is 7.89. The lowest BCUT2D eigenvalue weighted by Crippen LogP contribution is -2.49. The molecule has 1 aromatic heterocycles. The van der Waals surface area contributed by atoms with E-state index in [1.165, 1.54) is 16.4 Å². The van der Waals surface area contributed by atoms with Gasteiger partial charge in [0.15, 0.2) is 0 Å². The molecule has 0 bridgehead atoms. The van der Waals surface area contributed by atoms with E-state index in [-0.39, 0.29) is 10.9 Å². The lowest BCUT2D eigenvalue weighted by Gasteiger charge is -2.34. The van der Waals surface area contributed by atoms with Crippen LogP contribution in [0.25, 0.3) is 0 Å². The minimum atomic E-state index is -3.70. The SMILES string of the molecule is Cn1ccnc1C1CNCCN1S(=O)(=O)c1ccc(F)cc1. The zero-order valence-corrected chi connectivity index (χ0v) is 12.9. The average molecular weight is 324 g/mol. The summed E-state index contributed by atoms with van der Waals surface area (Å²) in [6.45, 7) is 1.41. The minimum Gasteiger partial charge on any atom is -0.337 e. The van der Waals surface area contributed by atoms with Crippen LogP contribution in [0.5, 0.6) is 0 Å². The molecular weight excluding hydrogens is 307 g/mol. The summed E-state index contributed by atoms with van der Waals surface area (Å²) in [4.78, 5) is 4.36. The first-order chi connectivity index (χ1) is 10.5. The predicted molar refractivity (Wildman–Crippen MR) is 79.1 cm³/mol. The van der Waals surface area contributed by atoms with Crippen LogP contribution < -0.4 is 5.32 Å². The van der Waals surface area contributed by atoms with Crippen LogP contribution in [0.3, 0.4) is 0 Å². The minimum absolute atomic E-state index is 0.0926. The molecule has 118 valence electrons. The molecule has 1 aromatic carbocycles. The Morgan fingerprint density at radius 1 is 1.32 bits per heavy atom. The van der Waals surface area contributed by atoms with Crippen molar-refractivity contribution in [3.8, 4) is 0 Å². The van der Waals surface area contributed by atoms with Crippen molar-refractivity contribution in [3.63, 3.8) is 0 Å². The van der Waals surface area contributed by atoms with Crippen molar-refractivity contribution in [3.05, 3.63) is 48.3 Å². The third-order valence-electron chi connectivity index (χ3n) is 3.77. The number of sulfonamides is 1. The van der Waals surface area contributed by atoms with Gasteiger partial charge in [0.1, 0.15) is 11.6 Å². The zero-order chi connectivity index (χ0) is 15.7. The van der Waals surface area contributed by atoms with Gasteiger partial charge in [0.2, 0.25) is 10.0 Å². The highest BCUT2D eigenvalue weighted by Crippen LogP contribution is 2.27. The zero-order valence-electron chi connectivity index (χ0n) is 12.1. The summed E-state index contributed by atoms with van der Waals surface area (Å²) >= 11 is 0. The number of aromatic nitrogens is 2. The molecule has 1 aliphatic heterocycles. The third-order valence-corrected chi connectivity index (χ3v) is 5.69. The van der Waals surface area contributed by atoms with Gasteiger partial charge in [-0.2, -0.15) is 4.31 Å². The van der Waals surface area contributed by atoms with E-state index in [1.807, 2.05) is 11.6 Å². The molecule has 2 heterocycles. The Morgan fingerprint density at radius 3 is 2.68 bits per heavy atom. The molecule has 1 N–H and O–H groups in total. The molecule has 1 fully saturated rings. The van der Waals surface area contributed by atoms with Crippen molar-refractivity contribution in [2.24, 2.45) is 7.05 Å². The molecule has 0 radical (unpaired) electrons. The predicted octanol–water partition coefficient (Wildman–Crippen LogP) is 0.894. The summed E-state index contributed by atoms with van der Waals surface area (Å²) in [5.74, 6) is 0.220. The van der Waals surface area contributed by atoms with Crippen molar-refractivity contribution in [2.75, 3.05) is 19.6 Å². The van der Waals surface area contributed by atoms with E-state index in [1.54, 1.807) is 12.4 Å².